The Kier molecular flexibility index (Phi) is 6.35. The van der Waals surface area contributed by atoms with E-state index in [-0.39, 0.29) is 22.5 Å². The lowest BCUT2D eigenvalue weighted by atomic mass is 10.0. The standard InChI is InChI=1S/C25H29N3O5S/c1-15-8-13-21-22(14-15)25(31)27(24(21)30)18(4)23(29)26-19-9-11-20(12-10-19)34(32,33)28-16(2)6-5-7-17(28)3/h8-14,16-18H,5-7H2,1-4H3,(H,26,29). The van der Waals surface area contributed by atoms with Crippen molar-refractivity contribution in [2.24, 2.45) is 0 Å². The van der Waals surface area contributed by atoms with E-state index in [1.807, 2.05) is 20.8 Å². The number of benzene rings is 2. The molecule has 0 spiro atoms. The van der Waals surface area contributed by atoms with Gasteiger partial charge in [-0.15, -0.1) is 0 Å². The number of carbonyl (C=O) groups is 3. The number of anilines is 1. The topological polar surface area (TPSA) is 104 Å². The lowest BCUT2D eigenvalue weighted by molar-refractivity contribution is -0.119. The first kappa shape index (κ1) is 24.1. The molecule has 3 amide bonds. The Labute approximate surface area is 200 Å². The van der Waals surface area contributed by atoms with Gasteiger partial charge >= 0.3 is 0 Å². The van der Waals surface area contributed by atoms with Crippen LogP contribution in [0.25, 0.3) is 0 Å². The van der Waals surface area contributed by atoms with Crippen LogP contribution >= 0.6 is 0 Å². The number of hydrogen-bond acceptors (Lipinski definition) is 5. The first-order valence-electron chi connectivity index (χ1n) is 11.5. The van der Waals surface area contributed by atoms with Crippen LogP contribution < -0.4 is 5.32 Å². The van der Waals surface area contributed by atoms with E-state index in [1.165, 1.54) is 31.2 Å². The summed E-state index contributed by atoms with van der Waals surface area (Å²) in [7, 11) is -3.66. The van der Waals surface area contributed by atoms with E-state index in [1.54, 1.807) is 22.5 Å². The van der Waals surface area contributed by atoms with E-state index < -0.39 is 33.8 Å². The fraction of sp³-hybridized carbons (Fsp3) is 0.400. The molecule has 2 aromatic rings. The normalized spacial score (nSPS) is 21.9. The molecule has 1 saturated heterocycles. The van der Waals surface area contributed by atoms with Crippen molar-refractivity contribution in [3.63, 3.8) is 0 Å². The molecular weight excluding hydrogens is 454 g/mol. The second-order valence-corrected chi connectivity index (χ2v) is 11.0. The Bertz CT molecular complexity index is 1250. The number of piperidine rings is 1. The van der Waals surface area contributed by atoms with Gasteiger partial charge in [-0.3, -0.25) is 19.3 Å². The third-order valence-corrected chi connectivity index (χ3v) is 8.79. The lowest BCUT2D eigenvalue weighted by Crippen LogP contribution is -2.47. The summed E-state index contributed by atoms with van der Waals surface area (Å²) in [6.45, 7) is 7.16. The van der Waals surface area contributed by atoms with Crippen LogP contribution in [0.5, 0.6) is 0 Å². The third kappa shape index (κ3) is 4.14. The SMILES string of the molecule is Cc1ccc2c(c1)C(=O)N(C(C)C(=O)Nc1ccc(S(=O)(=O)N3C(C)CCCC3C)cc1)C2=O. The van der Waals surface area contributed by atoms with Crippen LogP contribution in [-0.2, 0) is 14.8 Å². The maximum absolute atomic E-state index is 13.2. The van der Waals surface area contributed by atoms with E-state index in [0.717, 1.165) is 29.7 Å². The molecule has 0 radical (unpaired) electrons. The van der Waals surface area contributed by atoms with Gasteiger partial charge in [0, 0.05) is 17.8 Å². The average Bonchev–Trinajstić information content (AvgIpc) is 3.02. The minimum Gasteiger partial charge on any atom is -0.324 e. The van der Waals surface area contributed by atoms with E-state index in [9.17, 15) is 22.8 Å². The zero-order valence-electron chi connectivity index (χ0n) is 19.7. The van der Waals surface area contributed by atoms with Crippen LogP contribution in [0.4, 0.5) is 5.69 Å². The van der Waals surface area contributed by atoms with Crippen molar-refractivity contribution in [3.8, 4) is 0 Å². The zero-order chi connectivity index (χ0) is 24.8. The highest BCUT2D eigenvalue weighted by Gasteiger charge is 2.41. The number of sulfonamides is 1. The van der Waals surface area contributed by atoms with Gasteiger partial charge in [0.2, 0.25) is 15.9 Å². The summed E-state index contributed by atoms with van der Waals surface area (Å²) < 4.78 is 27.9. The molecule has 0 aliphatic carbocycles. The lowest BCUT2D eigenvalue weighted by Gasteiger charge is -2.37. The first-order valence-corrected chi connectivity index (χ1v) is 12.9. The van der Waals surface area contributed by atoms with Crippen LogP contribution in [0, 0.1) is 6.92 Å². The Morgan fingerprint density at radius 2 is 1.56 bits per heavy atom. The minimum atomic E-state index is -3.66. The Balaban J connectivity index is 1.48. The number of hydrogen-bond donors (Lipinski definition) is 1. The summed E-state index contributed by atoms with van der Waals surface area (Å²) in [5, 5.41) is 2.68. The van der Waals surface area contributed by atoms with E-state index in [4.69, 9.17) is 0 Å². The van der Waals surface area contributed by atoms with Gasteiger partial charge in [-0.2, -0.15) is 4.31 Å². The van der Waals surface area contributed by atoms with E-state index >= 15 is 0 Å². The monoisotopic (exact) mass is 483 g/mol. The Hall–Kier alpha value is -3.04. The molecule has 2 heterocycles. The smallest absolute Gasteiger partial charge is 0.262 e. The fourth-order valence-electron chi connectivity index (χ4n) is 4.79. The summed E-state index contributed by atoms with van der Waals surface area (Å²) in [6, 6.07) is 9.77. The van der Waals surface area contributed by atoms with Gasteiger partial charge in [-0.05, 0) is 76.9 Å². The number of aryl methyl sites for hydroxylation is 1. The van der Waals surface area contributed by atoms with Gasteiger partial charge in [-0.25, -0.2) is 8.42 Å². The van der Waals surface area contributed by atoms with Gasteiger partial charge in [0.25, 0.3) is 11.8 Å². The molecule has 2 aliphatic heterocycles. The minimum absolute atomic E-state index is 0.0718. The van der Waals surface area contributed by atoms with E-state index in [0.29, 0.717) is 11.3 Å². The quantitative estimate of drug-likeness (QED) is 0.655. The highest BCUT2D eigenvalue weighted by molar-refractivity contribution is 7.89. The second-order valence-electron chi connectivity index (χ2n) is 9.18. The molecule has 9 heteroatoms. The summed E-state index contributed by atoms with van der Waals surface area (Å²) in [4.78, 5) is 39.5. The summed E-state index contributed by atoms with van der Waals surface area (Å²) in [5.74, 6) is -1.55. The van der Waals surface area contributed by atoms with Crippen LogP contribution in [0.1, 0.15) is 66.3 Å². The number of carbonyl (C=O) groups excluding carboxylic acids is 3. The van der Waals surface area contributed by atoms with Crippen LogP contribution in [0.15, 0.2) is 47.4 Å². The maximum atomic E-state index is 13.2. The summed E-state index contributed by atoms with van der Waals surface area (Å²) in [6.07, 6.45) is 2.66. The molecule has 0 bridgehead atoms. The molecule has 2 aromatic carbocycles. The van der Waals surface area contributed by atoms with Crippen molar-refractivity contribution in [1.29, 1.82) is 0 Å². The molecule has 1 N–H and O–H groups in total. The number of imide groups is 1. The Morgan fingerprint density at radius 1 is 0.971 bits per heavy atom. The number of amides is 3. The van der Waals surface area contributed by atoms with Crippen molar-refractivity contribution in [2.45, 2.75) is 70.0 Å². The molecule has 0 aromatic heterocycles. The molecule has 1 fully saturated rings. The number of nitrogens with zero attached hydrogens (tertiary/aromatic N) is 2. The third-order valence-electron chi connectivity index (χ3n) is 6.65. The fourth-order valence-corrected chi connectivity index (χ4v) is 6.67. The molecule has 34 heavy (non-hydrogen) atoms. The van der Waals surface area contributed by atoms with Gasteiger partial charge in [0.05, 0.1) is 16.0 Å². The van der Waals surface area contributed by atoms with Gasteiger partial charge < -0.3 is 5.32 Å². The van der Waals surface area contributed by atoms with Crippen molar-refractivity contribution in [3.05, 3.63) is 59.2 Å². The molecule has 8 nitrogen and oxygen atoms in total. The molecule has 2 aliphatic rings. The van der Waals surface area contributed by atoms with Crippen molar-refractivity contribution in [2.75, 3.05) is 5.32 Å². The van der Waals surface area contributed by atoms with E-state index in [2.05, 4.69) is 5.32 Å². The number of fused-ring (bicyclic) bond motifs is 1. The summed E-state index contributed by atoms with van der Waals surface area (Å²) in [5.41, 5.74) is 1.80. The predicted octanol–water partition coefficient (Wildman–Crippen LogP) is 3.57. The molecule has 3 atom stereocenters. The van der Waals surface area contributed by atoms with Crippen molar-refractivity contribution >= 4 is 33.4 Å². The number of nitrogens with one attached hydrogen (secondary N) is 1. The van der Waals surface area contributed by atoms with Crippen molar-refractivity contribution < 1.29 is 22.8 Å². The molecule has 4 rings (SSSR count). The predicted molar refractivity (Wildman–Crippen MR) is 128 cm³/mol. The molecule has 3 unspecified atom stereocenters. The van der Waals surface area contributed by atoms with Crippen LogP contribution in [0.3, 0.4) is 0 Å². The van der Waals surface area contributed by atoms with Crippen LogP contribution in [0.2, 0.25) is 0 Å². The van der Waals surface area contributed by atoms with Crippen LogP contribution in [-0.4, -0.2) is 53.5 Å². The zero-order valence-corrected chi connectivity index (χ0v) is 20.6. The van der Waals surface area contributed by atoms with Gasteiger partial charge in [-0.1, -0.05) is 18.1 Å². The number of rotatable bonds is 5. The second kappa shape index (κ2) is 8.96. The molecule has 0 saturated carbocycles. The van der Waals surface area contributed by atoms with Gasteiger partial charge in [0.1, 0.15) is 6.04 Å². The maximum Gasteiger partial charge on any atom is 0.262 e. The highest BCUT2D eigenvalue weighted by Crippen LogP contribution is 2.30. The average molecular weight is 484 g/mol. The largest absolute Gasteiger partial charge is 0.324 e. The molecule has 180 valence electrons. The summed E-state index contributed by atoms with van der Waals surface area (Å²) >= 11 is 0. The molecular formula is C25H29N3O5S. The first-order chi connectivity index (χ1) is 16.0. The highest BCUT2D eigenvalue weighted by atomic mass is 32.2. The van der Waals surface area contributed by atoms with Gasteiger partial charge in [0.15, 0.2) is 0 Å². The Morgan fingerprint density at radius 3 is 2.18 bits per heavy atom. The van der Waals surface area contributed by atoms with Crippen molar-refractivity contribution in [1.82, 2.24) is 9.21 Å².